The summed E-state index contributed by atoms with van der Waals surface area (Å²) in [5.41, 5.74) is 2.18. The largest absolute Gasteiger partial charge is 0.477 e. The van der Waals surface area contributed by atoms with E-state index in [1.807, 2.05) is 24.3 Å². The predicted molar refractivity (Wildman–Crippen MR) is 96.1 cm³/mol. The number of nitrogens with zero attached hydrogens (tertiary/aromatic N) is 3. The van der Waals surface area contributed by atoms with Crippen LogP contribution < -0.4 is 15.0 Å². The average Bonchev–Trinajstić information content (AvgIpc) is 2.71. The minimum absolute atomic E-state index is 0.101. The molecule has 7 nitrogen and oxygen atoms in total. The fourth-order valence-electron chi connectivity index (χ4n) is 2.92. The maximum atomic E-state index is 13.1. The number of nitrogens with one attached hydrogen (secondary N) is 1. The summed E-state index contributed by atoms with van der Waals surface area (Å²) in [4.78, 5) is 35.4. The average molecular weight is 348 g/mol. The Morgan fingerprint density at radius 2 is 1.85 bits per heavy atom. The van der Waals surface area contributed by atoms with Crippen molar-refractivity contribution < 1.29 is 14.3 Å². The molecule has 130 valence electrons. The lowest BCUT2D eigenvalue weighted by Crippen LogP contribution is -2.50. The molecule has 0 spiro atoms. The van der Waals surface area contributed by atoms with Crippen molar-refractivity contribution in [1.82, 2.24) is 15.3 Å². The number of para-hydroxylation sites is 4. The highest BCUT2D eigenvalue weighted by Gasteiger charge is 2.34. The minimum atomic E-state index is -0.785. The molecule has 2 heterocycles. The molecular weight excluding hydrogens is 332 g/mol. The first-order valence-corrected chi connectivity index (χ1v) is 8.18. The second-order valence-corrected chi connectivity index (χ2v) is 5.85. The third-order valence-corrected chi connectivity index (χ3v) is 4.23. The van der Waals surface area contributed by atoms with Crippen molar-refractivity contribution in [3.05, 3.63) is 60.4 Å². The SMILES string of the molecule is CNC(=O)C1CN(C(=O)c2cnc3ccccc3n2)c2ccccc2O1. The first kappa shape index (κ1) is 16.0. The summed E-state index contributed by atoms with van der Waals surface area (Å²) < 4.78 is 5.73. The first-order valence-electron chi connectivity index (χ1n) is 8.18. The molecule has 0 fully saturated rings. The number of hydrogen-bond acceptors (Lipinski definition) is 5. The van der Waals surface area contributed by atoms with Crippen LogP contribution in [0.3, 0.4) is 0 Å². The van der Waals surface area contributed by atoms with Crippen LogP contribution in [-0.2, 0) is 4.79 Å². The van der Waals surface area contributed by atoms with Gasteiger partial charge in [-0.15, -0.1) is 0 Å². The molecule has 0 saturated heterocycles. The van der Waals surface area contributed by atoms with Crippen LogP contribution in [0.5, 0.6) is 5.75 Å². The zero-order valence-corrected chi connectivity index (χ0v) is 14.0. The van der Waals surface area contributed by atoms with Gasteiger partial charge in [0.1, 0.15) is 11.4 Å². The normalized spacial score (nSPS) is 15.9. The van der Waals surface area contributed by atoms with Gasteiger partial charge in [0.15, 0.2) is 6.10 Å². The van der Waals surface area contributed by atoms with E-state index in [4.69, 9.17) is 4.74 Å². The number of anilines is 1. The highest BCUT2D eigenvalue weighted by atomic mass is 16.5. The van der Waals surface area contributed by atoms with Gasteiger partial charge in [0.2, 0.25) is 0 Å². The van der Waals surface area contributed by atoms with Crippen LogP contribution >= 0.6 is 0 Å². The molecule has 7 heteroatoms. The van der Waals surface area contributed by atoms with Crippen LogP contribution in [0.25, 0.3) is 11.0 Å². The number of likely N-dealkylation sites (N-methyl/N-ethyl adjacent to an activating group) is 1. The van der Waals surface area contributed by atoms with Crippen LogP contribution in [-0.4, -0.2) is 41.5 Å². The van der Waals surface area contributed by atoms with Crippen molar-refractivity contribution in [3.8, 4) is 5.75 Å². The summed E-state index contributed by atoms with van der Waals surface area (Å²) in [5, 5.41) is 2.56. The van der Waals surface area contributed by atoms with Crippen molar-refractivity contribution in [2.75, 3.05) is 18.5 Å². The molecule has 1 aliphatic rings. The Kier molecular flexibility index (Phi) is 3.96. The van der Waals surface area contributed by atoms with E-state index in [1.54, 1.807) is 24.3 Å². The third kappa shape index (κ3) is 2.73. The monoisotopic (exact) mass is 348 g/mol. The number of amides is 2. The van der Waals surface area contributed by atoms with Crippen molar-refractivity contribution in [1.29, 1.82) is 0 Å². The van der Waals surface area contributed by atoms with E-state index in [-0.39, 0.29) is 24.1 Å². The van der Waals surface area contributed by atoms with Crippen molar-refractivity contribution in [2.45, 2.75) is 6.10 Å². The minimum Gasteiger partial charge on any atom is -0.477 e. The number of ether oxygens (including phenoxy) is 1. The van der Waals surface area contributed by atoms with Crippen LogP contribution in [0.2, 0.25) is 0 Å². The van der Waals surface area contributed by atoms with Gasteiger partial charge in [-0.2, -0.15) is 0 Å². The molecule has 0 aliphatic carbocycles. The van der Waals surface area contributed by atoms with Gasteiger partial charge in [-0.1, -0.05) is 24.3 Å². The molecule has 2 amide bonds. The van der Waals surface area contributed by atoms with Crippen LogP contribution in [0.4, 0.5) is 5.69 Å². The number of carbonyl (C=O) groups is 2. The van der Waals surface area contributed by atoms with Crippen molar-refractivity contribution in [2.24, 2.45) is 0 Å². The Balaban J connectivity index is 1.74. The van der Waals surface area contributed by atoms with E-state index in [2.05, 4.69) is 15.3 Å². The molecule has 3 aromatic rings. The Morgan fingerprint density at radius 1 is 1.12 bits per heavy atom. The quantitative estimate of drug-likeness (QED) is 0.763. The number of rotatable bonds is 2. The highest BCUT2D eigenvalue weighted by Crippen LogP contribution is 2.34. The zero-order valence-electron chi connectivity index (χ0n) is 14.0. The molecule has 0 saturated carbocycles. The number of hydrogen-bond donors (Lipinski definition) is 1. The van der Waals surface area contributed by atoms with Gasteiger partial charge < -0.3 is 10.1 Å². The molecule has 2 aromatic carbocycles. The third-order valence-electron chi connectivity index (χ3n) is 4.23. The molecule has 26 heavy (non-hydrogen) atoms. The second-order valence-electron chi connectivity index (χ2n) is 5.85. The van der Waals surface area contributed by atoms with Gasteiger partial charge in [0.25, 0.3) is 11.8 Å². The standard InChI is InChI=1S/C19H16N4O3/c1-20-18(24)17-11-23(15-8-4-5-9-16(15)26-17)19(25)14-10-21-12-6-2-3-7-13(12)22-14/h2-10,17H,11H2,1H3,(H,20,24). The number of aromatic nitrogens is 2. The van der Waals surface area contributed by atoms with Crippen molar-refractivity contribution in [3.63, 3.8) is 0 Å². The molecule has 1 aromatic heterocycles. The topological polar surface area (TPSA) is 84.4 Å². The van der Waals surface area contributed by atoms with E-state index in [1.165, 1.54) is 18.1 Å². The van der Waals surface area contributed by atoms with Gasteiger partial charge in [-0.3, -0.25) is 19.5 Å². The second kappa shape index (κ2) is 6.44. The Morgan fingerprint density at radius 3 is 2.65 bits per heavy atom. The highest BCUT2D eigenvalue weighted by molar-refractivity contribution is 6.07. The number of carbonyl (C=O) groups excluding carboxylic acids is 2. The molecule has 1 N–H and O–H groups in total. The van der Waals surface area contributed by atoms with E-state index in [0.717, 1.165) is 5.52 Å². The summed E-state index contributed by atoms with van der Waals surface area (Å²) in [6.45, 7) is 0.101. The van der Waals surface area contributed by atoms with Gasteiger partial charge in [-0.05, 0) is 24.3 Å². The Labute approximate surface area is 149 Å². The lowest BCUT2D eigenvalue weighted by atomic mass is 10.1. The molecule has 4 rings (SSSR count). The van der Waals surface area contributed by atoms with Crippen LogP contribution in [0, 0.1) is 0 Å². The fraction of sp³-hybridized carbons (Fsp3) is 0.158. The van der Waals surface area contributed by atoms with Gasteiger partial charge in [0.05, 0.1) is 29.5 Å². The van der Waals surface area contributed by atoms with Crippen molar-refractivity contribution >= 4 is 28.5 Å². The van der Waals surface area contributed by atoms with Crippen LogP contribution in [0.1, 0.15) is 10.5 Å². The summed E-state index contributed by atoms with van der Waals surface area (Å²) in [7, 11) is 1.53. The van der Waals surface area contributed by atoms with E-state index in [9.17, 15) is 9.59 Å². The lowest BCUT2D eigenvalue weighted by molar-refractivity contribution is -0.127. The van der Waals surface area contributed by atoms with E-state index >= 15 is 0 Å². The Hall–Kier alpha value is -3.48. The molecule has 1 atom stereocenters. The lowest BCUT2D eigenvalue weighted by Gasteiger charge is -2.33. The summed E-state index contributed by atoms with van der Waals surface area (Å²) in [6.07, 6.45) is 0.671. The predicted octanol–water partition coefficient (Wildman–Crippen LogP) is 1.78. The summed E-state index contributed by atoms with van der Waals surface area (Å²) in [6, 6.07) is 14.5. The Bertz CT molecular complexity index is 1000. The molecule has 0 radical (unpaired) electrons. The first-order chi connectivity index (χ1) is 12.7. The van der Waals surface area contributed by atoms with E-state index < -0.39 is 6.10 Å². The van der Waals surface area contributed by atoms with Gasteiger partial charge in [-0.25, -0.2) is 4.98 Å². The van der Waals surface area contributed by atoms with E-state index in [0.29, 0.717) is 17.0 Å². The zero-order chi connectivity index (χ0) is 18.1. The fourth-order valence-corrected chi connectivity index (χ4v) is 2.92. The van der Waals surface area contributed by atoms with Gasteiger partial charge >= 0.3 is 0 Å². The number of fused-ring (bicyclic) bond motifs is 2. The molecule has 1 aliphatic heterocycles. The summed E-state index contributed by atoms with van der Waals surface area (Å²) >= 11 is 0. The smallest absolute Gasteiger partial charge is 0.278 e. The molecule has 0 bridgehead atoms. The molecular formula is C19H16N4O3. The molecule has 1 unspecified atom stereocenters. The maximum absolute atomic E-state index is 13.1. The summed E-state index contributed by atoms with van der Waals surface area (Å²) in [5.74, 6) is -0.135. The number of benzene rings is 2. The van der Waals surface area contributed by atoms with Gasteiger partial charge in [0, 0.05) is 7.05 Å². The maximum Gasteiger partial charge on any atom is 0.278 e. The van der Waals surface area contributed by atoms with Crippen LogP contribution in [0.15, 0.2) is 54.7 Å².